The number of hydrogen-bond donors (Lipinski definition) is 4. The van der Waals surface area contributed by atoms with Gasteiger partial charge in [-0.1, -0.05) is 58.0 Å². The number of ketones is 2. The number of aromatic hydroxyl groups is 1. The maximum atomic E-state index is 13.2. The van der Waals surface area contributed by atoms with Crippen LogP contribution >= 0.6 is 21.6 Å². The number of phenols is 1. The Hall–Kier alpha value is -2.82. The van der Waals surface area contributed by atoms with Gasteiger partial charge in [0.2, 0.25) is 11.8 Å². The van der Waals surface area contributed by atoms with Crippen molar-refractivity contribution in [3.8, 4) is 5.75 Å². The summed E-state index contributed by atoms with van der Waals surface area (Å²) in [6, 6.07) is 12.3. The SMILES string of the molecule is CC(=O)Cc1ccccc1CCC(=O)[C@@H]1CSSCC[C@H](N)C(=O)N[C@@H](Cc2ccc(O)cc2)CC(=O)N1. The van der Waals surface area contributed by atoms with Crippen molar-refractivity contribution in [1.82, 2.24) is 10.6 Å². The highest BCUT2D eigenvalue weighted by Gasteiger charge is 2.26. The van der Waals surface area contributed by atoms with Gasteiger partial charge in [-0.25, -0.2) is 0 Å². The van der Waals surface area contributed by atoms with Crippen LogP contribution in [0.5, 0.6) is 5.75 Å². The zero-order valence-electron chi connectivity index (χ0n) is 21.5. The maximum Gasteiger partial charge on any atom is 0.237 e. The van der Waals surface area contributed by atoms with Crippen LogP contribution in [0, 0.1) is 0 Å². The van der Waals surface area contributed by atoms with E-state index in [1.807, 2.05) is 24.3 Å². The fraction of sp³-hybridized carbons (Fsp3) is 0.429. The normalized spacial score (nSPS) is 21.3. The number of carbonyl (C=O) groups is 4. The van der Waals surface area contributed by atoms with Crippen LogP contribution in [-0.2, 0) is 38.4 Å². The van der Waals surface area contributed by atoms with Crippen LogP contribution in [0.3, 0.4) is 0 Å². The van der Waals surface area contributed by atoms with Gasteiger partial charge in [0.15, 0.2) is 5.78 Å². The van der Waals surface area contributed by atoms with Crippen LogP contribution in [0.1, 0.15) is 42.9 Å². The van der Waals surface area contributed by atoms with E-state index in [1.54, 1.807) is 31.2 Å². The average Bonchev–Trinajstić information content (AvgIpc) is 2.88. The molecule has 1 saturated heterocycles. The molecule has 38 heavy (non-hydrogen) atoms. The first-order valence-corrected chi connectivity index (χ1v) is 15.2. The minimum Gasteiger partial charge on any atom is -0.508 e. The lowest BCUT2D eigenvalue weighted by Gasteiger charge is -2.22. The molecule has 1 aliphatic heterocycles. The first-order valence-electron chi connectivity index (χ1n) is 12.7. The summed E-state index contributed by atoms with van der Waals surface area (Å²) < 4.78 is 0. The fourth-order valence-corrected chi connectivity index (χ4v) is 6.56. The molecule has 2 amide bonds. The number of rotatable bonds is 8. The summed E-state index contributed by atoms with van der Waals surface area (Å²) in [7, 11) is 3.00. The second kappa shape index (κ2) is 14.9. The molecule has 10 heteroatoms. The molecular weight excluding hydrogens is 522 g/mol. The third kappa shape index (κ3) is 9.81. The Kier molecular flexibility index (Phi) is 11.7. The molecule has 204 valence electrons. The number of nitrogens with one attached hydrogen (secondary N) is 2. The molecule has 0 aliphatic carbocycles. The lowest BCUT2D eigenvalue weighted by atomic mass is 9.97. The maximum absolute atomic E-state index is 13.2. The number of phenolic OH excluding ortho intramolecular Hbond substituents is 1. The first-order chi connectivity index (χ1) is 18.2. The number of benzene rings is 2. The Morgan fingerprint density at radius 2 is 1.74 bits per heavy atom. The van der Waals surface area contributed by atoms with Crippen LogP contribution in [-0.4, -0.2) is 58.1 Å². The number of nitrogens with two attached hydrogens (primary N) is 1. The van der Waals surface area contributed by atoms with Gasteiger partial charge in [0.05, 0.1) is 12.1 Å². The van der Waals surface area contributed by atoms with E-state index in [4.69, 9.17) is 5.73 Å². The molecule has 2 aromatic rings. The van der Waals surface area contributed by atoms with Crippen LogP contribution in [0.25, 0.3) is 0 Å². The van der Waals surface area contributed by atoms with Gasteiger partial charge in [-0.2, -0.15) is 0 Å². The summed E-state index contributed by atoms with van der Waals surface area (Å²) in [5.74, 6) is 0.514. The standard InChI is InChI=1S/C28H35N3O5S2/c1-18(32)14-21-5-3-2-4-20(21)8-11-26(34)25-17-38-37-13-12-24(29)28(36)30-22(16-27(35)31-25)15-19-6-9-23(33)10-7-19/h2-7,9-10,22,24-25,33H,8,11-17,29H2,1H3,(H,30,36)(H,31,35)/t22-,24-,25-/m0/s1. The molecule has 8 nitrogen and oxygen atoms in total. The van der Waals surface area contributed by atoms with E-state index < -0.39 is 18.1 Å². The summed E-state index contributed by atoms with van der Waals surface area (Å²) in [4.78, 5) is 50.6. The Morgan fingerprint density at radius 3 is 2.45 bits per heavy atom. The molecular formula is C28H35N3O5S2. The third-order valence-corrected chi connectivity index (χ3v) is 8.73. The van der Waals surface area contributed by atoms with Gasteiger partial charge in [-0.05, 0) is 55.0 Å². The van der Waals surface area contributed by atoms with E-state index in [2.05, 4.69) is 10.6 Å². The van der Waals surface area contributed by atoms with E-state index in [1.165, 1.54) is 21.6 Å². The molecule has 3 atom stereocenters. The number of amides is 2. The quantitative estimate of drug-likeness (QED) is 0.364. The van der Waals surface area contributed by atoms with Crippen molar-refractivity contribution in [2.75, 3.05) is 11.5 Å². The molecule has 5 N–H and O–H groups in total. The smallest absolute Gasteiger partial charge is 0.237 e. The van der Waals surface area contributed by atoms with Crippen molar-refractivity contribution in [3.63, 3.8) is 0 Å². The fourth-order valence-electron chi connectivity index (χ4n) is 4.25. The van der Waals surface area contributed by atoms with Crippen molar-refractivity contribution in [2.45, 2.75) is 63.6 Å². The zero-order valence-corrected chi connectivity index (χ0v) is 23.1. The molecule has 1 heterocycles. The largest absolute Gasteiger partial charge is 0.508 e. The molecule has 0 saturated carbocycles. The second-order valence-corrected chi connectivity index (χ2v) is 12.1. The number of Topliss-reactive ketones (excluding diaryl/α,β-unsaturated/α-hetero) is 2. The van der Waals surface area contributed by atoms with Crippen molar-refractivity contribution < 1.29 is 24.3 Å². The highest BCUT2D eigenvalue weighted by molar-refractivity contribution is 8.76. The van der Waals surface area contributed by atoms with Crippen LogP contribution < -0.4 is 16.4 Å². The predicted molar refractivity (Wildman–Crippen MR) is 152 cm³/mol. The molecule has 0 bridgehead atoms. The minimum atomic E-state index is -0.693. The van der Waals surface area contributed by atoms with Gasteiger partial charge in [0.1, 0.15) is 11.5 Å². The molecule has 2 aromatic carbocycles. The van der Waals surface area contributed by atoms with Gasteiger partial charge in [-0.3, -0.25) is 19.2 Å². The van der Waals surface area contributed by atoms with E-state index >= 15 is 0 Å². The summed E-state index contributed by atoms with van der Waals surface area (Å²) in [6.45, 7) is 1.55. The number of aryl methyl sites for hydroxylation is 1. The molecule has 0 radical (unpaired) electrons. The Bertz CT molecular complexity index is 1130. The van der Waals surface area contributed by atoms with E-state index in [-0.39, 0.29) is 42.0 Å². The molecule has 1 aliphatic rings. The zero-order chi connectivity index (χ0) is 27.5. The van der Waals surface area contributed by atoms with E-state index in [9.17, 15) is 24.3 Å². The summed E-state index contributed by atoms with van der Waals surface area (Å²) in [5, 5.41) is 15.4. The van der Waals surface area contributed by atoms with Gasteiger partial charge >= 0.3 is 0 Å². The van der Waals surface area contributed by atoms with Crippen molar-refractivity contribution in [2.24, 2.45) is 5.73 Å². The van der Waals surface area contributed by atoms with Crippen molar-refractivity contribution in [1.29, 1.82) is 0 Å². The minimum absolute atomic E-state index is 0.0115. The highest BCUT2D eigenvalue weighted by Crippen LogP contribution is 2.25. The predicted octanol–water partition coefficient (Wildman–Crippen LogP) is 2.74. The molecule has 0 aromatic heterocycles. The molecule has 1 fully saturated rings. The Labute approximate surface area is 231 Å². The van der Waals surface area contributed by atoms with E-state index in [0.717, 1.165) is 16.7 Å². The first kappa shape index (κ1) is 29.7. The monoisotopic (exact) mass is 557 g/mol. The number of carbonyl (C=O) groups excluding carboxylic acids is 4. The van der Waals surface area contributed by atoms with Crippen molar-refractivity contribution >= 4 is 45.0 Å². The van der Waals surface area contributed by atoms with Crippen molar-refractivity contribution in [3.05, 3.63) is 65.2 Å². The molecule has 0 unspecified atom stereocenters. The Morgan fingerprint density at radius 1 is 1.03 bits per heavy atom. The van der Waals surface area contributed by atoms with Crippen LogP contribution in [0.15, 0.2) is 48.5 Å². The second-order valence-electron chi connectivity index (χ2n) is 9.52. The summed E-state index contributed by atoms with van der Waals surface area (Å²) in [5.41, 5.74) is 8.80. The lowest BCUT2D eigenvalue weighted by molar-refractivity contribution is -0.128. The topological polar surface area (TPSA) is 139 Å². The van der Waals surface area contributed by atoms with Gasteiger partial charge in [-0.15, -0.1) is 0 Å². The Balaban J connectivity index is 1.70. The molecule has 0 spiro atoms. The third-order valence-electron chi connectivity index (χ3n) is 6.29. The average molecular weight is 558 g/mol. The van der Waals surface area contributed by atoms with Gasteiger partial charge in [0.25, 0.3) is 0 Å². The van der Waals surface area contributed by atoms with Crippen LogP contribution in [0.4, 0.5) is 0 Å². The van der Waals surface area contributed by atoms with Gasteiger partial charge in [0, 0.05) is 36.8 Å². The highest BCUT2D eigenvalue weighted by atomic mass is 33.1. The van der Waals surface area contributed by atoms with Crippen LogP contribution in [0.2, 0.25) is 0 Å². The summed E-state index contributed by atoms with van der Waals surface area (Å²) >= 11 is 0. The lowest BCUT2D eigenvalue weighted by Crippen LogP contribution is -2.49. The molecule has 3 rings (SSSR count). The number of hydrogen-bond acceptors (Lipinski definition) is 8. The summed E-state index contributed by atoms with van der Waals surface area (Å²) in [6.07, 6.45) is 1.89. The van der Waals surface area contributed by atoms with E-state index in [0.29, 0.717) is 37.2 Å². The van der Waals surface area contributed by atoms with Gasteiger partial charge < -0.3 is 21.5 Å².